The summed E-state index contributed by atoms with van der Waals surface area (Å²) in [5.74, 6) is 2.85. The fourth-order valence-corrected chi connectivity index (χ4v) is 3.22. The molecular weight excluding hydrogens is 196 g/mol. The summed E-state index contributed by atoms with van der Waals surface area (Å²) in [6, 6.07) is 0. The molecule has 0 radical (unpaired) electrons. The molecule has 2 rings (SSSR count). The predicted octanol–water partition coefficient (Wildman–Crippen LogP) is 2.31. The first-order valence-corrected chi connectivity index (χ1v) is 7.13. The lowest BCUT2D eigenvalue weighted by atomic mass is 9.86. The Hall–Kier alpha value is -0.0800. The lowest BCUT2D eigenvalue weighted by Gasteiger charge is -2.43. The van der Waals surface area contributed by atoms with Gasteiger partial charge in [0.25, 0.3) is 0 Å². The van der Waals surface area contributed by atoms with E-state index in [2.05, 4.69) is 30.6 Å². The van der Waals surface area contributed by atoms with Gasteiger partial charge < -0.3 is 9.80 Å². The molecule has 2 heteroatoms. The van der Waals surface area contributed by atoms with E-state index in [4.69, 9.17) is 0 Å². The molecule has 16 heavy (non-hydrogen) atoms. The average molecular weight is 224 g/mol. The molecule has 0 unspecified atom stereocenters. The summed E-state index contributed by atoms with van der Waals surface area (Å²) >= 11 is 0. The third-order valence-corrected chi connectivity index (χ3v) is 4.57. The van der Waals surface area contributed by atoms with Gasteiger partial charge in [0.2, 0.25) is 0 Å². The van der Waals surface area contributed by atoms with Gasteiger partial charge in [0.1, 0.15) is 0 Å². The first-order chi connectivity index (χ1) is 7.69. The zero-order valence-corrected chi connectivity index (χ0v) is 11.3. The van der Waals surface area contributed by atoms with Crippen LogP contribution in [-0.4, -0.2) is 49.1 Å². The van der Waals surface area contributed by atoms with Gasteiger partial charge >= 0.3 is 0 Å². The third-order valence-electron chi connectivity index (χ3n) is 4.57. The van der Waals surface area contributed by atoms with Crippen LogP contribution in [0.2, 0.25) is 0 Å². The molecular formula is C14H28N2. The monoisotopic (exact) mass is 224 g/mol. The Kier molecular flexibility index (Phi) is 4.26. The van der Waals surface area contributed by atoms with Crippen molar-refractivity contribution in [2.45, 2.75) is 33.6 Å². The van der Waals surface area contributed by atoms with Crippen LogP contribution in [-0.2, 0) is 0 Å². The van der Waals surface area contributed by atoms with Gasteiger partial charge in [-0.1, -0.05) is 20.8 Å². The lowest BCUT2D eigenvalue weighted by Crippen LogP contribution is -2.52. The minimum absolute atomic E-state index is 0.890. The zero-order chi connectivity index (χ0) is 11.5. The van der Waals surface area contributed by atoms with Crippen molar-refractivity contribution in [1.29, 1.82) is 0 Å². The van der Waals surface area contributed by atoms with Gasteiger partial charge in [-0.15, -0.1) is 0 Å². The standard InChI is InChI=1S/C14H28N2/c1-4-15-9-13(10-15)11-16-7-5-14(6-8-16)12(2)3/h12-14H,4-11H2,1-3H3. The largest absolute Gasteiger partial charge is 0.303 e. The van der Waals surface area contributed by atoms with Gasteiger partial charge in [-0.2, -0.15) is 0 Å². The van der Waals surface area contributed by atoms with Crippen molar-refractivity contribution in [2.75, 3.05) is 39.3 Å². The Morgan fingerprint density at radius 3 is 2.19 bits per heavy atom. The molecule has 2 nitrogen and oxygen atoms in total. The summed E-state index contributed by atoms with van der Waals surface area (Å²) in [5, 5.41) is 0. The second-order valence-electron chi connectivity index (χ2n) is 6.10. The van der Waals surface area contributed by atoms with Crippen LogP contribution < -0.4 is 0 Å². The van der Waals surface area contributed by atoms with Crippen molar-refractivity contribution in [3.63, 3.8) is 0 Å². The number of hydrogen-bond acceptors (Lipinski definition) is 2. The van der Waals surface area contributed by atoms with Crippen LogP contribution in [0.3, 0.4) is 0 Å². The maximum atomic E-state index is 2.70. The molecule has 2 fully saturated rings. The Morgan fingerprint density at radius 2 is 1.69 bits per heavy atom. The first kappa shape index (κ1) is 12.4. The van der Waals surface area contributed by atoms with Crippen LogP contribution in [0.15, 0.2) is 0 Å². The molecule has 0 aromatic heterocycles. The molecule has 0 aromatic rings. The van der Waals surface area contributed by atoms with Crippen molar-refractivity contribution in [2.24, 2.45) is 17.8 Å². The maximum Gasteiger partial charge on any atom is 0.00342 e. The Bertz CT molecular complexity index is 201. The first-order valence-electron chi connectivity index (χ1n) is 7.13. The average Bonchev–Trinajstić information content (AvgIpc) is 2.23. The van der Waals surface area contributed by atoms with Gasteiger partial charge in [-0.05, 0) is 50.2 Å². The molecule has 94 valence electrons. The van der Waals surface area contributed by atoms with Crippen LogP contribution in [0.1, 0.15) is 33.6 Å². The summed E-state index contributed by atoms with van der Waals surface area (Å²) in [5.41, 5.74) is 0. The molecule has 0 bridgehead atoms. The van der Waals surface area contributed by atoms with E-state index in [-0.39, 0.29) is 0 Å². The Labute approximate surface area is 101 Å². The predicted molar refractivity (Wildman–Crippen MR) is 69.6 cm³/mol. The van der Waals surface area contributed by atoms with Gasteiger partial charge in [-0.25, -0.2) is 0 Å². The maximum absolute atomic E-state index is 2.70. The van der Waals surface area contributed by atoms with E-state index in [1.165, 1.54) is 52.1 Å². The molecule has 0 aromatic carbocycles. The molecule has 2 aliphatic heterocycles. The smallest absolute Gasteiger partial charge is 0.00342 e. The number of piperidine rings is 1. The topological polar surface area (TPSA) is 6.48 Å². The number of likely N-dealkylation sites (tertiary alicyclic amines) is 2. The summed E-state index contributed by atoms with van der Waals surface area (Å²) in [6.45, 7) is 15.0. The molecule has 0 saturated carbocycles. The molecule has 0 N–H and O–H groups in total. The lowest BCUT2D eigenvalue weighted by molar-refractivity contribution is 0.0553. The van der Waals surface area contributed by atoms with E-state index < -0.39 is 0 Å². The van der Waals surface area contributed by atoms with Crippen molar-refractivity contribution in [1.82, 2.24) is 9.80 Å². The van der Waals surface area contributed by atoms with E-state index in [9.17, 15) is 0 Å². The van der Waals surface area contributed by atoms with Crippen molar-refractivity contribution >= 4 is 0 Å². The van der Waals surface area contributed by atoms with E-state index in [0.717, 1.165) is 17.8 Å². The minimum Gasteiger partial charge on any atom is -0.303 e. The van der Waals surface area contributed by atoms with Crippen LogP contribution in [0, 0.1) is 17.8 Å². The molecule has 2 saturated heterocycles. The second kappa shape index (κ2) is 5.50. The van der Waals surface area contributed by atoms with Gasteiger partial charge in [-0.3, -0.25) is 0 Å². The second-order valence-corrected chi connectivity index (χ2v) is 6.10. The van der Waals surface area contributed by atoms with E-state index in [1.807, 2.05) is 0 Å². The van der Waals surface area contributed by atoms with E-state index in [0.29, 0.717) is 0 Å². The number of nitrogens with zero attached hydrogens (tertiary/aromatic N) is 2. The molecule has 2 aliphatic rings. The minimum atomic E-state index is 0.890. The number of hydrogen-bond donors (Lipinski definition) is 0. The van der Waals surface area contributed by atoms with Crippen LogP contribution in [0.5, 0.6) is 0 Å². The fourth-order valence-electron chi connectivity index (χ4n) is 3.22. The van der Waals surface area contributed by atoms with Gasteiger partial charge in [0.15, 0.2) is 0 Å². The van der Waals surface area contributed by atoms with Crippen molar-refractivity contribution < 1.29 is 0 Å². The molecule has 0 spiro atoms. The summed E-state index contributed by atoms with van der Waals surface area (Å²) < 4.78 is 0. The molecule has 0 atom stereocenters. The Morgan fingerprint density at radius 1 is 1.06 bits per heavy atom. The molecule has 0 amide bonds. The van der Waals surface area contributed by atoms with Crippen LogP contribution in [0.4, 0.5) is 0 Å². The van der Waals surface area contributed by atoms with Gasteiger partial charge in [0.05, 0.1) is 0 Å². The van der Waals surface area contributed by atoms with Crippen molar-refractivity contribution in [3.8, 4) is 0 Å². The summed E-state index contributed by atoms with van der Waals surface area (Å²) in [6.07, 6.45) is 2.86. The van der Waals surface area contributed by atoms with E-state index in [1.54, 1.807) is 0 Å². The highest BCUT2D eigenvalue weighted by molar-refractivity contribution is 4.83. The van der Waals surface area contributed by atoms with E-state index >= 15 is 0 Å². The normalized spacial score (nSPS) is 26.2. The quantitative estimate of drug-likeness (QED) is 0.723. The van der Waals surface area contributed by atoms with Crippen molar-refractivity contribution in [3.05, 3.63) is 0 Å². The Balaban J connectivity index is 1.63. The fraction of sp³-hybridized carbons (Fsp3) is 1.00. The highest BCUT2D eigenvalue weighted by Gasteiger charge is 2.29. The highest BCUT2D eigenvalue weighted by atomic mass is 15.2. The van der Waals surface area contributed by atoms with Crippen LogP contribution in [0.25, 0.3) is 0 Å². The SMILES string of the molecule is CCN1CC(CN2CCC(C(C)C)CC2)C1. The number of rotatable bonds is 4. The van der Waals surface area contributed by atoms with Crippen LogP contribution >= 0.6 is 0 Å². The van der Waals surface area contributed by atoms with Gasteiger partial charge in [0, 0.05) is 19.6 Å². The molecule has 0 aliphatic carbocycles. The zero-order valence-electron chi connectivity index (χ0n) is 11.3. The third kappa shape index (κ3) is 2.98. The highest BCUT2D eigenvalue weighted by Crippen LogP contribution is 2.26. The summed E-state index contributed by atoms with van der Waals surface area (Å²) in [4.78, 5) is 5.25. The summed E-state index contributed by atoms with van der Waals surface area (Å²) in [7, 11) is 0. The molecule has 2 heterocycles.